The Hall–Kier alpha value is -1.13. The zero-order chi connectivity index (χ0) is 11.5. The van der Waals surface area contributed by atoms with Gasteiger partial charge in [0.2, 0.25) is 0 Å². The molecule has 1 saturated heterocycles. The van der Waals surface area contributed by atoms with Gasteiger partial charge in [-0.1, -0.05) is 12.7 Å². The summed E-state index contributed by atoms with van der Waals surface area (Å²) in [5.41, 5.74) is 0. The molecule has 0 spiro atoms. The van der Waals surface area contributed by atoms with Crippen LogP contribution in [0, 0.1) is 0 Å². The van der Waals surface area contributed by atoms with Crippen molar-refractivity contribution < 1.29 is 19.0 Å². The molecule has 15 heavy (non-hydrogen) atoms. The molecule has 1 aliphatic rings. The van der Waals surface area contributed by atoms with Gasteiger partial charge in [0.05, 0.1) is 26.4 Å². The number of hydrogen-bond acceptors (Lipinski definition) is 4. The summed E-state index contributed by atoms with van der Waals surface area (Å²) in [6.07, 6.45) is 3.27. The highest BCUT2D eigenvalue weighted by molar-refractivity contribution is 5.81. The third-order valence-electron chi connectivity index (χ3n) is 1.40. The number of epoxide rings is 1. The van der Waals surface area contributed by atoms with Crippen molar-refractivity contribution in [3.05, 3.63) is 25.3 Å². The summed E-state index contributed by atoms with van der Waals surface area (Å²) in [5.74, 6) is -0.359. The highest BCUT2D eigenvalue weighted by Gasteiger charge is 2.21. The minimum Gasteiger partial charge on any atom is -0.463 e. The van der Waals surface area contributed by atoms with Crippen molar-refractivity contribution in [3.63, 3.8) is 0 Å². The van der Waals surface area contributed by atoms with Gasteiger partial charge in [-0.05, 0) is 6.92 Å². The van der Waals surface area contributed by atoms with Crippen LogP contribution in [-0.4, -0.2) is 38.5 Å². The van der Waals surface area contributed by atoms with Crippen LogP contribution in [0.25, 0.3) is 0 Å². The predicted octanol–water partition coefficient (Wildman–Crippen LogP) is 1.32. The number of esters is 1. The van der Waals surface area contributed by atoms with Crippen LogP contribution in [-0.2, 0) is 19.0 Å². The van der Waals surface area contributed by atoms with Gasteiger partial charge in [-0.25, -0.2) is 4.79 Å². The number of carbonyl (C=O) groups is 1. The lowest BCUT2D eigenvalue weighted by molar-refractivity contribution is -0.137. The molecule has 0 aromatic rings. The minimum absolute atomic E-state index is 0.359. The van der Waals surface area contributed by atoms with Gasteiger partial charge in [-0.3, -0.25) is 0 Å². The maximum Gasteiger partial charge on any atom is 0.330 e. The van der Waals surface area contributed by atoms with Crippen LogP contribution in [0.1, 0.15) is 6.92 Å². The Labute approximate surface area is 90.5 Å². The molecule has 86 valence electrons. The Morgan fingerprint density at radius 3 is 2.60 bits per heavy atom. The van der Waals surface area contributed by atoms with Crippen LogP contribution in [0.15, 0.2) is 25.3 Å². The molecule has 0 amide bonds. The van der Waals surface area contributed by atoms with Crippen LogP contribution < -0.4 is 0 Å². The molecule has 1 fully saturated rings. The monoisotopic (exact) mass is 214 g/mol. The molecule has 1 unspecified atom stereocenters. The van der Waals surface area contributed by atoms with E-state index in [2.05, 4.69) is 17.9 Å². The van der Waals surface area contributed by atoms with Gasteiger partial charge in [-0.2, -0.15) is 0 Å². The lowest BCUT2D eigenvalue weighted by Crippen LogP contribution is -2.00. The second kappa shape index (κ2) is 9.43. The first-order valence-electron chi connectivity index (χ1n) is 4.84. The van der Waals surface area contributed by atoms with Gasteiger partial charge in [0.25, 0.3) is 0 Å². The van der Waals surface area contributed by atoms with E-state index in [1.807, 2.05) is 0 Å². The summed E-state index contributed by atoms with van der Waals surface area (Å²) >= 11 is 0. The van der Waals surface area contributed by atoms with Crippen LogP contribution in [0.5, 0.6) is 0 Å². The average molecular weight is 214 g/mol. The Morgan fingerprint density at radius 1 is 1.60 bits per heavy atom. The first-order valence-corrected chi connectivity index (χ1v) is 4.84. The molecule has 4 nitrogen and oxygen atoms in total. The van der Waals surface area contributed by atoms with Crippen LogP contribution >= 0.6 is 0 Å². The third kappa shape index (κ3) is 10.8. The van der Waals surface area contributed by atoms with Crippen molar-refractivity contribution in [2.24, 2.45) is 0 Å². The fourth-order valence-corrected chi connectivity index (χ4v) is 0.648. The van der Waals surface area contributed by atoms with E-state index in [4.69, 9.17) is 9.47 Å². The van der Waals surface area contributed by atoms with Crippen molar-refractivity contribution in [2.45, 2.75) is 13.0 Å². The Morgan fingerprint density at radius 2 is 2.27 bits per heavy atom. The van der Waals surface area contributed by atoms with Crippen LogP contribution in [0.3, 0.4) is 0 Å². The quantitative estimate of drug-likeness (QED) is 0.220. The van der Waals surface area contributed by atoms with E-state index in [-0.39, 0.29) is 5.97 Å². The maximum atomic E-state index is 10.1. The van der Waals surface area contributed by atoms with Gasteiger partial charge in [-0.15, -0.1) is 6.58 Å². The standard InChI is InChI=1S/C6H10O2.C5H8O2/c1-2-3-7-4-6-5-8-6;1-3-5(6)7-4-2/h2,6H,1,3-5H2;3H,1,4H2,2H3. The molecular weight excluding hydrogens is 196 g/mol. The van der Waals surface area contributed by atoms with Gasteiger partial charge in [0.15, 0.2) is 0 Å². The molecule has 1 rings (SSSR count). The van der Waals surface area contributed by atoms with E-state index in [0.717, 1.165) is 19.3 Å². The van der Waals surface area contributed by atoms with Crippen molar-refractivity contribution in [2.75, 3.05) is 26.4 Å². The van der Waals surface area contributed by atoms with Crippen molar-refractivity contribution in [3.8, 4) is 0 Å². The molecule has 1 aliphatic heterocycles. The van der Waals surface area contributed by atoms with Gasteiger partial charge in [0, 0.05) is 6.08 Å². The topological polar surface area (TPSA) is 48.1 Å². The summed E-state index contributed by atoms with van der Waals surface area (Å²) in [6.45, 7) is 11.1. The summed E-state index contributed by atoms with van der Waals surface area (Å²) in [7, 11) is 0. The van der Waals surface area contributed by atoms with Crippen molar-refractivity contribution in [1.82, 2.24) is 0 Å². The molecule has 0 aromatic carbocycles. The van der Waals surface area contributed by atoms with E-state index in [9.17, 15) is 4.79 Å². The zero-order valence-electron chi connectivity index (χ0n) is 9.11. The molecular formula is C11H18O4. The summed E-state index contributed by atoms with van der Waals surface area (Å²) < 4.78 is 14.4. The summed E-state index contributed by atoms with van der Waals surface area (Å²) in [5, 5.41) is 0. The minimum atomic E-state index is -0.359. The fraction of sp³-hybridized carbons (Fsp3) is 0.545. The highest BCUT2D eigenvalue weighted by atomic mass is 16.6. The van der Waals surface area contributed by atoms with Gasteiger partial charge in [0.1, 0.15) is 6.10 Å². The van der Waals surface area contributed by atoms with E-state index in [1.165, 1.54) is 0 Å². The molecule has 4 heteroatoms. The van der Waals surface area contributed by atoms with Gasteiger partial charge >= 0.3 is 5.97 Å². The second-order valence-corrected chi connectivity index (χ2v) is 2.74. The first-order chi connectivity index (χ1) is 7.24. The average Bonchev–Trinajstić information content (AvgIpc) is 3.03. The number of rotatable bonds is 6. The highest BCUT2D eigenvalue weighted by Crippen LogP contribution is 2.07. The van der Waals surface area contributed by atoms with Crippen molar-refractivity contribution >= 4 is 5.97 Å². The van der Waals surface area contributed by atoms with E-state index >= 15 is 0 Å². The number of hydrogen-bond donors (Lipinski definition) is 0. The molecule has 0 radical (unpaired) electrons. The normalized spacial score (nSPS) is 17.0. The smallest absolute Gasteiger partial charge is 0.330 e. The van der Waals surface area contributed by atoms with Crippen LogP contribution in [0.4, 0.5) is 0 Å². The summed E-state index contributed by atoms with van der Waals surface area (Å²) in [6, 6.07) is 0. The van der Waals surface area contributed by atoms with Crippen LogP contribution in [0.2, 0.25) is 0 Å². The molecule has 0 bridgehead atoms. The molecule has 0 N–H and O–H groups in total. The largest absolute Gasteiger partial charge is 0.463 e. The van der Waals surface area contributed by atoms with E-state index in [0.29, 0.717) is 19.3 Å². The molecule has 1 atom stereocenters. The van der Waals surface area contributed by atoms with Crippen molar-refractivity contribution in [1.29, 1.82) is 0 Å². The predicted molar refractivity (Wildman–Crippen MR) is 57.6 cm³/mol. The zero-order valence-corrected chi connectivity index (χ0v) is 9.11. The number of carbonyl (C=O) groups excluding carboxylic acids is 1. The third-order valence-corrected chi connectivity index (χ3v) is 1.40. The Balaban J connectivity index is 0.000000265. The lowest BCUT2D eigenvalue weighted by Gasteiger charge is -1.92. The second-order valence-electron chi connectivity index (χ2n) is 2.74. The van der Waals surface area contributed by atoms with E-state index in [1.54, 1.807) is 13.0 Å². The lowest BCUT2D eigenvalue weighted by atomic mass is 10.5. The van der Waals surface area contributed by atoms with E-state index < -0.39 is 0 Å². The molecule has 1 heterocycles. The molecule has 0 aromatic heterocycles. The Bertz CT molecular complexity index is 197. The number of ether oxygens (including phenoxy) is 3. The Kier molecular flexibility index (Phi) is 8.72. The fourth-order valence-electron chi connectivity index (χ4n) is 0.648. The SMILES string of the molecule is C=CC(=O)OCC.C=CCOCC1CO1. The summed E-state index contributed by atoms with van der Waals surface area (Å²) in [4.78, 5) is 10.1. The maximum absolute atomic E-state index is 10.1. The first kappa shape index (κ1) is 13.9. The molecule has 0 aliphatic carbocycles. The molecule has 0 saturated carbocycles. The van der Waals surface area contributed by atoms with Gasteiger partial charge < -0.3 is 14.2 Å².